The Kier molecular flexibility index (Phi) is 4.10. The van der Waals surface area contributed by atoms with Crippen LogP contribution in [-0.2, 0) is 4.79 Å². The lowest BCUT2D eigenvalue weighted by Crippen LogP contribution is -2.49. The van der Waals surface area contributed by atoms with Gasteiger partial charge in [-0.05, 0) is 30.0 Å². The predicted molar refractivity (Wildman–Crippen MR) is 93.1 cm³/mol. The number of anilines is 1. The lowest BCUT2D eigenvalue weighted by Gasteiger charge is -2.34. The van der Waals surface area contributed by atoms with E-state index in [1.165, 1.54) is 0 Å². The number of aromatic nitrogens is 2. The molecule has 2 aliphatic rings. The molecule has 2 fully saturated rings. The molecule has 0 bridgehead atoms. The van der Waals surface area contributed by atoms with Crippen molar-refractivity contribution >= 4 is 23.5 Å². The summed E-state index contributed by atoms with van der Waals surface area (Å²) in [5.74, 6) is 1.37. The molecule has 0 spiro atoms. The van der Waals surface area contributed by atoms with Crippen molar-refractivity contribution in [2.24, 2.45) is 5.92 Å². The van der Waals surface area contributed by atoms with Gasteiger partial charge in [0.1, 0.15) is 0 Å². The lowest BCUT2D eigenvalue weighted by atomic mass is 10.1. The van der Waals surface area contributed by atoms with E-state index in [1.807, 2.05) is 35.2 Å². The second-order valence-electron chi connectivity index (χ2n) is 6.33. The van der Waals surface area contributed by atoms with Gasteiger partial charge in [0.25, 0.3) is 0 Å². The summed E-state index contributed by atoms with van der Waals surface area (Å²) in [5.41, 5.74) is 1.11. The molecule has 5 nitrogen and oxygen atoms in total. The minimum Gasteiger partial charge on any atom is -0.339 e. The Morgan fingerprint density at radius 2 is 1.75 bits per heavy atom. The molecular formula is C18H19ClN4O. The second kappa shape index (κ2) is 6.40. The third-order valence-electron chi connectivity index (χ3n) is 4.84. The van der Waals surface area contributed by atoms with Gasteiger partial charge in [-0.3, -0.25) is 4.79 Å². The van der Waals surface area contributed by atoms with Crippen molar-refractivity contribution in [2.45, 2.75) is 12.3 Å². The fourth-order valence-corrected chi connectivity index (χ4v) is 3.68. The molecule has 1 aliphatic heterocycles. The zero-order chi connectivity index (χ0) is 16.5. The Balaban J connectivity index is 1.35. The van der Waals surface area contributed by atoms with Crippen LogP contribution >= 0.6 is 11.6 Å². The zero-order valence-corrected chi connectivity index (χ0v) is 14.1. The number of halogens is 1. The van der Waals surface area contributed by atoms with E-state index in [0.717, 1.165) is 49.1 Å². The number of nitrogens with zero attached hydrogens (tertiary/aromatic N) is 4. The predicted octanol–water partition coefficient (Wildman–Crippen LogP) is 2.58. The summed E-state index contributed by atoms with van der Waals surface area (Å²) >= 11 is 6.26. The van der Waals surface area contributed by atoms with Crippen LogP contribution in [0, 0.1) is 5.92 Å². The molecule has 2 atom stereocenters. The molecule has 24 heavy (non-hydrogen) atoms. The third-order valence-corrected chi connectivity index (χ3v) is 5.18. The maximum atomic E-state index is 12.7. The van der Waals surface area contributed by atoms with Gasteiger partial charge < -0.3 is 9.80 Å². The van der Waals surface area contributed by atoms with Crippen molar-refractivity contribution in [2.75, 3.05) is 31.1 Å². The van der Waals surface area contributed by atoms with Crippen molar-refractivity contribution in [3.8, 4) is 0 Å². The summed E-state index contributed by atoms with van der Waals surface area (Å²) in [6, 6.07) is 9.65. The minimum absolute atomic E-state index is 0.0874. The fourth-order valence-electron chi connectivity index (χ4n) is 3.40. The number of hydrogen-bond donors (Lipinski definition) is 0. The molecule has 124 valence electrons. The monoisotopic (exact) mass is 342 g/mol. The lowest BCUT2D eigenvalue weighted by molar-refractivity contribution is -0.133. The fraction of sp³-hybridized carbons (Fsp3) is 0.389. The van der Waals surface area contributed by atoms with Gasteiger partial charge in [0.05, 0.1) is 0 Å². The molecule has 1 saturated carbocycles. The Morgan fingerprint density at radius 3 is 2.46 bits per heavy atom. The molecule has 1 aromatic carbocycles. The molecule has 2 heterocycles. The third kappa shape index (κ3) is 2.96. The van der Waals surface area contributed by atoms with E-state index in [0.29, 0.717) is 0 Å². The maximum Gasteiger partial charge on any atom is 0.226 e. The Hall–Kier alpha value is -2.14. The van der Waals surface area contributed by atoms with E-state index < -0.39 is 0 Å². The first kappa shape index (κ1) is 15.4. The van der Waals surface area contributed by atoms with Crippen molar-refractivity contribution in [1.29, 1.82) is 0 Å². The molecule has 1 amide bonds. The first-order valence-electron chi connectivity index (χ1n) is 8.29. The normalized spacial score (nSPS) is 23.2. The summed E-state index contributed by atoms with van der Waals surface area (Å²) in [6.07, 6.45) is 4.40. The van der Waals surface area contributed by atoms with Gasteiger partial charge in [-0.2, -0.15) is 0 Å². The van der Waals surface area contributed by atoms with Crippen molar-refractivity contribution in [3.63, 3.8) is 0 Å². The number of rotatable bonds is 3. The second-order valence-corrected chi connectivity index (χ2v) is 6.74. The Bertz CT molecular complexity index is 731. The molecule has 1 saturated heterocycles. The van der Waals surface area contributed by atoms with Crippen LogP contribution in [0.4, 0.5) is 5.95 Å². The van der Waals surface area contributed by atoms with Gasteiger partial charge in [0.2, 0.25) is 11.9 Å². The standard InChI is InChI=1S/C18H19ClN4O/c19-16-5-2-1-4-13(16)14-12-15(14)17(24)22-8-10-23(11-9-22)18-20-6-3-7-21-18/h1-7,14-15H,8-12H2. The van der Waals surface area contributed by atoms with Crippen LogP contribution in [0.25, 0.3) is 0 Å². The van der Waals surface area contributed by atoms with E-state index in [-0.39, 0.29) is 17.7 Å². The van der Waals surface area contributed by atoms with Gasteiger partial charge in [-0.15, -0.1) is 0 Å². The minimum atomic E-state index is 0.0874. The van der Waals surface area contributed by atoms with E-state index in [1.54, 1.807) is 12.4 Å². The molecule has 1 aliphatic carbocycles. The van der Waals surface area contributed by atoms with Crippen LogP contribution in [0.3, 0.4) is 0 Å². The summed E-state index contributed by atoms with van der Waals surface area (Å²) in [6.45, 7) is 3.00. The molecule has 2 unspecified atom stereocenters. The molecule has 4 rings (SSSR count). The van der Waals surface area contributed by atoms with Crippen LogP contribution in [0.5, 0.6) is 0 Å². The molecule has 0 N–H and O–H groups in total. The van der Waals surface area contributed by atoms with E-state index in [4.69, 9.17) is 11.6 Å². The number of piperazine rings is 1. The highest BCUT2D eigenvalue weighted by atomic mass is 35.5. The van der Waals surface area contributed by atoms with E-state index in [9.17, 15) is 4.79 Å². The highest BCUT2D eigenvalue weighted by Crippen LogP contribution is 2.50. The number of carbonyl (C=O) groups excluding carboxylic acids is 1. The highest BCUT2D eigenvalue weighted by molar-refractivity contribution is 6.31. The number of carbonyl (C=O) groups is 1. The highest BCUT2D eigenvalue weighted by Gasteiger charge is 2.46. The zero-order valence-electron chi connectivity index (χ0n) is 13.3. The topological polar surface area (TPSA) is 49.3 Å². The van der Waals surface area contributed by atoms with Crippen molar-refractivity contribution in [3.05, 3.63) is 53.3 Å². The van der Waals surface area contributed by atoms with Crippen molar-refractivity contribution in [1.82, 2.24) is 14.9 Å². The quantitative estimate of drug-likeness (QED) is 0.860. The molecule has 0 radical (unpaired) electrons. The Morgan fingerprint density at radius 1 is 1.04 bits per heavy atom. The molecule has 1 aromatic heterocycles. The van der Waals surface area contributed by atoms with Crippen LogP contribution in [0.2, 0.25) is 5.02 Å². The van der Waals surface area contributed by atoms with Crippen LogP contribution in [-0.4, -0.2) is 47.0 Å². The Labute approximate surface area is 146 Å². The van der Waals surface area contributed by atoms with E-state index >= 15 is 0 Å². The van der Waals surface area contributed by atoms with Crippen LogP contribution < -0.4 is 4.90 Å². The SMILES string of the molecule is O=C(C1CC1c1ccccc1Cl)N1CCN(c2ncccn2)CC1. The van der Waals surface area contributed by atoms with Gasteiger partial charge in [-0.25, -0.2) is 9.97 Å². The van der Waals surface area contributed by atoms with Gasteiger partial charge in [-0.1, -0.05) is 29.8 Å². The summed E-state index contributed by atoms with van der Waals surface area (Å²) < 4.78 is 0. The molecular weight excluding hydrogens is 324 g/mol. The van der Waals surface area contributed by atoms with E-state index in [2.05, 4.69) is 14.9 Å². The average Bonchev–Trinajstić information content (AvgIpc) is 3.43. The number of benzene rings is 1. The van der Waals surface area contributed by atoms with Crippen LogP contribution in [0.15, 0.2) is 42.7 Å². The molecule has 6 heteroatoms. The van der Waals surface area contributed by atoms with Gasteiger partial charge in [0, 0.05) is 49.5 Å². The van der Waals surface area contributed by atoms with Crippen LogP contribution in [0.1, 0.15) is 17.9 Å². The number of amides is 1. The van der Waals surface area contributed by atoms with Crippen molar-refractivity contribution < 1.29 is 4.79 Å². The van der Waals surface area contributed by atoms with Gasteiger partial charge >= 0.3 is 0 Å². The van der Waals surface area contributed by atoms with Gasteiger partial charge in [0.15, 0.2) is 0 Å². The molecule has 2 aromatic rings. The first-order chi connectivity index (χ1) is 11.7. The first-order valence-corrected chi connectivity index (χ1v) is 8.67. The maximum absolute atomic E-state index is 12.7. The largest absolute Gasteiger partial charge is 0.339 e. The summed E-state index contributed by atoms with van der Waals surface area (Å²) in [7, 11) is 0. The summed E-state index contributed by atoms with van der Waals surface area (Å²) in [5, 5.41) is 0.767. The average molecular weight is 343 g/mol. The smallest absolute Gasteiger partial charge is 0.226 e. The summed E-state index contributed by atoms with van der Waals surface area (Å²) in [4.78, 5) is 25.4. The number of hydrogen-bond acceptors (Lipinski definition) is 4.